The van der Waals surface area contributed by atoms with Gasteiger partial charge in [0.15, 0.2) is 11.6 Å². The number of nitrogens with one attached hydrogen (secondary N) is 1. The highest BCUT2D eigenvalue weighted by molar-refractivity contribution is 5.41. The van der Waals surface area contributed by atoms with Crippen LogP contribution in [-0.2, 0) is 0 Å². The number of halogens is 1. The summed E-state index contributed by atoms with van der Waals surface area (Å²) in [6.45, 7) is 4.80. The fourth-order valence-corrected chi connectivity index (χ4v) is 2.15. The maximum absolute atomic E-state index is 14.1. The molecule has 4 heteroatoms. The van der Waals surface area contributed by atoms with Gasteiger partial charge < -0.3 is 14.8 Å². The Bertz CT molecular complexity index is 584. The molecule has 21 heavy (non-hydrogen) atoms. The monoisotopic (exact) mass is 289 g/mol. The van der Waals surface area contributed by atoms with E-state index < -0.39 is 0 Å². The molecule has 0 aliphatic rings. The van der Waals surface area contributed by atoms with E-state index in [0.717, 1.165) is 17.9 Å². The van der Waals surface area contributed by atoms with E-state index in [1.54, 1.807) is 37.4 Å². The van der Waals surface area contributed by atoms with Gasteiger partial charge in [0.1, 0.15) is 11.5 Å². The molecule has 0 aliphatic heterocycles. The first-order valence-corrected chi connectivity index (χ1v) is 6.99. The minimum atomic E-state index is -0.368. The summed E-state index contributed by atoms with van der Waals surface area (Å²) in [5.41, 5.74) is 0.799. The van der Waals surface area contributed by atoms with Crippen LogP contribution in [0.3, 0.4) is 0 Å². The first kappa shape index (κ1) is 15.3. The van der Waals surface area contributed by atoms with Gasteiger partial charge in [-0.15, -0.1) is 0 Å². The van der Waals surface area contributed by atoms with Crippen molar-refractivity contribution in [2.24, 2.45) is 0 Å². The van der Waals surface area contributed by atoms with Crippen LogP contribution in [-0.4, -0.2) is 13.7 Å². The van der Waals surface area contributed by atoms with Crippen LogP contribution in [0.25, 0.3) is 0 Å². The summed E-state index contributed by atoms with van der Waals surface area (Å²) in [4.78, 5) is 0. The van der Waals surface area contributed by atoms with Crippen LogP contribution < -0.4 is 14.8 Å². The second kappa shape index (κ2) is 7.09. The molecule has 0 saturated heterocycles. The molecule has 0 spiro atoms. The summed E-state index contributed by atoms with van der Waals surface area (Å²) in [5, 5.41) is 3.27. The van der Waals surface area contributed by atoms with Gasteiger partial charge in [-0.2, -0.15) is 0 Å². The molecule has 0 aromatic heterocycles. The predicted molar refractivity (Wildman–Crippen MR) is 81.6 cm³/mol. The molecule has 0 radical (unpaired) electrons. The van der Waals surface area contributed by atoms with Crippen molar-refractivity contribution in [2.45, 2.75) is 19.9 Å². The van der Waals surface area contributed by atoms with Crippen molar-refractivity contribution in [3.63, 3.8) is 0 Å². The molecular formula is C17H20FNO2. The average Bonchev–Trinajstić information content (AvgIpc) is 2.50. The van der Waals surface area contributed by atoms with E-state index in [9.17, 15) is 4.39 Å². The molecule has 2 aromatic carbocycles. The van der Waals surface area contributed by atoms with Crippen molar-refractivity contribution in [1.82, 2.24) is 5.32 Å². The van der Waals surface area contributed by atoms with Gasteiger partial charge in [0, 0.05) is 11.6 Å². The van der Waals surface area contributed by atoms with E-state index in [1.165, 1.54) is 6.07 Å². The lowest BCUT2D eigenvalue weighted by molar-refractivity contribution is 0.409. The number of rotatable bonds is 6. The van der Waals surface area contributed by atoms with Crippen molar-refractivity contribution >= 4 is 0 Å². The second-order valence-corrected chi connectivity index (χ2v) is 4.72. The average molecular weight is 289 g/mol. The molecular weight excluding hydrogens is 269 g/mol. The molecule has 3 nitrogen and oxygen atoms in total. The lowest BCUT2D eigenvalue weighted by Gasteiger charge is -2.18. The number of benzene rings is 2. The maximum atomic E-state index is 14.1. The Morgan fingerprint density at radius 2 is 1.76 bits per heavy atom. The highest BCUT2D eigenvalue weighted by atomic mass is 19.1. The maximum Gasteiger partial charge on any atom is 0.167 e. The predicted octanol–water partition coefficient (Wildman–Crippen LogP) is 4.30. The van der Waals surface area contributed by atoms with Crippen LogP contribution in [0.5, 0.6) is 17.2 Å². The number of hydrogen-bond acceptors (Lipinski definition) is 3. The Balaban J connectivity index is 2.29. The third-order valence-electron chi connectivity index (χ3n) is 3.25. The fourth-order valence-electron chi connectivity index (χ4n) is 2.15. The van der Waals surface area contributed by atoms with Crippen LogP contribution >= 0.6 is 0 Å². The van der Waals surface area contributed by atoms with E-state index in [1.807, 2.05) is 19.9 Å². The van der Waals surface area contributed by atoms with Crippen molar-refractivity contribution in [1.29, 1.82) is 0 Å². The fraction of sp³-hybridized carbons (Fsp3) is 0.294. The molecule has 2 aromatic rings. The quantitative estimate of drug-likeness (QED) is 0.860. The molecule has 1 unspecified atom stereocenters. The lowest BCUT2D eigenvalue weighted by Crippen LogP contribution is -2.18. The van der Waals surface area contributed by atoms with E-state index >= 15 is 0 Å². The molecule has 0 heterocycles. The van der Waals surface area contributed by atoms with Gasteiger partial charge in [-0.05, 0) is 43.8 Å². The highest BCUT2D eigenvalue weighted by Gasteiger charge is 2.15. The number of para-hydroxylation sites is 1. The first-order chi connectivity index (χ1) is 10.2. The molecule has 0 aliphatic carbocycles. The van der Waals surface area contributed by atoms with Crippen LogP contribution in [0.2, 0.25) is 0 Å². The molecule has 1 atom stereocenters. The summed E-state index contributed by atoms with van der Waals surface area (Å²) in [6.07, 6.45) is 0. The van der Waals surface area contributed by atoms with Gasteiger partial charge in [0.05, 0.1) is 7.11 Å². The minimum Gasteiger partial charge on any atom is -0.497 e. The zero-order chi connectivity index (χ0) is 15.2. The Kier molecular flexibility index (Phi) is 5.17. The van der Waals surface area contributed by atoms with Gasteiger partial charge in [-0.1, -0.05) is 19.1 Å². The zero-order valence-corrected chi connectivity index (χ0v) is 12.5. The lowest BCUT2D eigenvalue weighted by atomic mass is 10.1. The molecule has 1 N–H and O–H groups in total. The van der Waals surface area contributed by atoms with Crippen LogP contribution in [0.15, 0.2) is 42.5 Å². The minimum absolute atomic E-state index is 0.0129. The Morgan fingerprint density at radius 3 is 2.38 bits per heavy atom. The number of ether oxygens (including phenoxy) is 2. The molecule has 2 rings (SSSR count). The zero-order valence-electron chi connectivity index (χ0n) is 12.5. The molecule has 0 bridgehead atoms. The van der Waals surface area contributed by atoms with Crippen molar-refractivity contribution < 1.29 is 13.9 Å². The Hall–Kier alpha value is -2.07. The Labute approximate surface area is 124 Å². The van der Waals surface area contributed by atoms with Crippen LogP contribution in [0.4, 0.5) is 4.39 Å². The van der Waals surface area contributed by atoms with Crippen molar-refractivity contribution in [3.8, 4) is 17.2 Å². The SMILES string of the molecule is CCNC(C)c1cccc(F)c1Oc1ccc(OC)cc1. The van der Waals surface area contributed by atoms with Crippen molar-refractivity contribution in [2.75, 3.05) is 13.7 Å². The Morgan fingerprint density at radius 1 is 1.10 bits per heavy atom. The first-order valence-electron chi connectivity index (χ1n) is 6.99. The number of hydrogen-bond donors (Lipinski definition) is 1. The largest absolute Gasteiger partial charge is 0.497 e. The van der Waals surface area contributed by atoms with E-state index in [-0.39, 0.29) is 17.6 Å². The summed E-state index contributed by atoms with van der Waals surface area (Å²) in [5.74, 6) is 1.20. The van der Waals surface area contributed by atoms with Gasteiger partial charge in [-0.3, -0.25) is 0 Å². The van der Waals surface area contributed by atoms with E-state index in [2.05, 4.69) is 5.32 Å². The van der Waals surface area contributed by atoms with Gasteiger partial charge in [0.2, 0.25) is 0 Å². The summed E-state index contributed by atoms with van der Waals surface area (Å²) >= 11 is 0. The summed E-state index contributed by atoms with van der Waals surface area (Å²) < 4.78 is 24.9. The molecule has 0 fully saturated rings. The summed E-state index contributed by atoms with van der Waals surface area (Å²) in [7, 11) is 1.60. The molecule has 0 amide bonds. The van der Waals surface area contributed by atoms with Crippen LogP contribution in [0, 0.1) is 5.82 Å². The highest BCUT2D eigenvalue weighted by Crippen LogP contribution is 2.32. The molecule has 0 saturated carbocycles. The smallest absolute Gasteiger partial charge is 0.167 e. The normalized spacial score (nSPS) is 12.0. The second-order valence-electron chi connectivity index (χ2n) is 4.72. The standard InChI is InChI=1S/C17H20FNO2/c1-4-19-12(2)15-6-5-7-16(18)17(15)21-14-10-8-13(20-3)9-11-14/h5-12,19H,4H2,1-3H3. The van der Waals surface area contributed by atoms with Crippen molar-refractivity contribution in [3.05, 3.63) is 53.8 Å². The third kappa shape index (κ3) is 3.73. The van der Waals surface area contributed by atoms with E-state index in [4.69, 9.17) is 9.47 Å². The van der Waals surface area contributed by atoms with Gasteiger partial charge in [-0.25, -0.2) is 4.39 Å². The summed E-state index contributed by atoms with van der Waals surface area (Å²) in [6, 6.07) is 12.1. The van der Waals surface area contributed by atoms with Crippen LogP contribution in [0.1, 0.15) is 25.5 Å². The van der Waals surface area contributed by atoms with Gasteiger partial charge >= 0.3 is 0 Å². The van der Waals surface area contributed by atoms with Gasteiger partial charge in [0.25, 0.3) is 0 Å². The van der Waals surface area contributed by atoms with E-state index in [0.29, 0.717) is 5.75 Å². The topological polar surface area (TPSA) is 30.5 Å². The third-order valence-corrected chi connectivity index (χ3v) is 3.25. The number of methoxy groups -OCH3 is 1. The molecule has 112 valence electrons.